The lowest BCUT2D eigenvalue weighted by atomic mass is 10.2. The molecule has 0 atom stereocenters. The highest BCUT2D eigenvalue weighted by atomic mass is 79.9. The lowest BCUT2D eigenvalue weighted by Crippen LogP contribution is -2.26. The highest BCUT2D eigenvalue weighted by Gasteiger charge is 2.16. The number of hydrazine groups is 1. The van der Waals surface area contributed by atoms with Crippen LogP contribution in [0.25, 0.3) is 0 Å². The van der Waals surface area contributed by atoms with Crippen molar-refractivity contribution in [2.75, 3.05) is 5.43 Å². The number of halogens is 1. The third-order valence-electron chi connectivity index (χ3n) is 2.75. The number of hydrogen-bond acceptors (Lipinski definition) is 6. The van der Waals surface area contributed by atoms with Crippen molar-refractivity contribution in [1.29, 1.82) is 0 Å². The first-order valence-corrected chi connectivity index (χ1v) is 7.98. The highest BCUT2D eigenvalue weighted by molar-refractivity contribution is 9.11. The van der Waals surface area contributed by atoms with Crippen LogP contribution in [0.1, 0.15) is 41.0 Å². The molecular weight excluding hydrogens is 354 g/mol. The molecule has 0 aliphatic carbocycles. The minimum Gasteiger partial charge on any atom is -0.346 e. The lowest BCUT2D eigenvalue weighted by Gasteiger charge is -2.11. The summed E-state index contributed by atoms with van der Waals surface area (Å²) in [5.41, 5.74) is 3.12. The van der Waals surface area contributed by atoms with Gasteiger partial charge in [0.05, 0.1) is 22.2 Å². The minimum absolute atomic E-state index is 0.136. The highest BCUT2D eigenvalue weighted by Crippen LogP contribution is 2.22. The number of aromatic nitrogens is 2. The first-order valence-electron chi connectivity index (χ1n) is 6.37. The number of hydrogen-bond donors (Lipinski definition) is 3. The van der Waals surface area contributed by atoms with Crippen LogP contribution >= 0.6 is 27.3 Å². The van der Waals surface area contributed by atoms with E-state index in [2.05, 4.69) is 36.6 Å². The van der Waals surface area contributed by atoms with Gasteiger partial charge in [-0.1, -0.05) is 13.8 Å². The summed E-state index contributed by atoms with van der Waals surface area (Å²) >= 11 is 4.96. The summed E-state index contributed by atoms with van der Waals surface area (Å²) in [6.45, 7) is 4.38. The molecule has 0 saturated carbocycles. The maximum Gasteiger partial charge on any atom is 0.272 e. The Morgan fingerprint density at radius 2 is 2.24 bits per heavy atom. The third kappa shape index (κ3) is 3.99. The van der Waals surface area contributed by atoms with E-state index in [4.69, 9.17) is 5.84 Å². The van der Waals surface area contributed by atoms with Crippen molar-refractivity contribution in [3.63, 3.8) is 0 Å². The van der Waals surface area contributed by atoms with Crippen molar-refractivity contribution in [1.82, 2.24) is 15.3 Å². The maximum absolute atomic E-state index is 12.3. The predicted octanol–water partition coefficient (Wildman–Crippen LogP) is 2.64. The first-order chi connectivity index (χ1) is 10.0. The number of carbonyl (C=O) groups is 1. The number of nitrogen functional groups attached to an aromatic ring is 1. The second-order valence-corrected chi connectivity index (χ2v) is 7.23. The molecule has 0 aromatic carbocycles. The van der Waals surface area contributed by atoms with E-state index in [1.165, 1.54) is 6.20 Å². The summed E-state index contributed by atoms with van der Waals surface area (Å²) in [6, 6.07) is 3.90. The Kier molecular flexibility index (Phi) is 5.27. The molecule has 2 rings (SSSR count). The van der Waals surface area contributed by atoms with E-state index in [-0.39, 0.29) is 17.5 Å². The number of carbonyl (C=O) groups excluding carboxylic acids is 1. The van der Waals surface area contributed by atoms with Crippen LogP contribution in [0, 0.1) is 0 Å². The standard InChI is InChI=1S/C13H16BrN5OS/c1-7(2)12-16-6-9(19-15)11(18-12)13(20)17-5-8-3-4-10(14)21-8/h3-4,6-7,19H,5,15H2,1-2H3,(H,17,20). The van der Waals surface area contributed by atoms with Crippen LogP contribution < -0.4 is 16.6 Å². The molecule has 112 valence electrons. The summed E-state index contributed by atoms with van der Waals surface area (Å²) in [5, 5.41) is 2.83. The Bertz CT molecular complexity index is 643. The molecule has 0 aliphatic heterocycles. The van der Waals surface area contributed by atoms with Crippen molar-refractivity contribution in [3.05, 3.63) is 38.5 Å². The van der Waals surface area contributed by atoms with E-state index >= 15 is 0 Å². The smallest absolute Gasteiger partial charge is 0.272 e. The van der Waals surface area contributed by atoms with E-state index in [0.29, 0.717) is 18.1 Å². The van der Waals surface area contributed by atoms with Gasteiger partial charge in [0.2, 0.25) is 0 Å². The van der Waals surface area contributed by atoms with Gasteiger partial charge in [0.1, 0.15) is 5.82 Å². The molecule has 2 aromatic heterocycles. The summed E-state index contributed by atoms with van der Waals surface area (Å²) < 4.78 is 1.03. The number of nitrogens with zero attached hydrogens (tertiary/aromatic N) is 2. The number of rotatable bonds is 5. The number of nitrogens with two attached hydrogens (primary N) is 1. The maximum atomic E-state index is 12.3. The lowest BCUT2D eigenvalue weighted by molar-refractivity contribution is 0.0946. The van der Waals surface area contributed by atoms with Crippen molar-refractivity contribution >= 4 is 38.9 Å². The third-order valence-corrected chi connectivity index (χ3v) is 4.37. The quantitative estimate of drug-likeness (QED) is 0.556. The van der Waals surface area contributed by atoms with Gasteiger partial charge in [-0.25, -0.2) is 9.97 Å². The van der Waals surface area contributed by atoms with Crippen LogP contribution in [0.4, 0.5) is 5.69 Å². The molecule has 0 radical (unpaired) electrons. The van der Waals surface area contributed by atoms with Gasteiger partial charge in [0, 0.05) is 10.8 Å². The van der Waals surface area contributed by atoms with Crippen molar-refractivity contribution in [2.24, 2.45) is 5.84 Å². The Morgan fingerprint density at radius 3 is 2.81 bits per heavy atom. The SMILES string of the molecule is CC(C)c1ncc(NN)c(C(=O)NCc2ccc(Br)s2)n1. The number of amides is 1. The molecule has 2 heterocycles. The Labute approximate surface area is 135 Å². The van der Waals surface area contributed by atoms with E-state index in [9.17, 15) is 4.79 Å². The molecule has 0 saturated heterocycles. The molecular formula is C13H16BrN5OS. The van der Waals surface area contributed by atoms with Gasteiger partial charge in [-0.15, -0.1) is 11.3 Å². The minimum atomic E-state index is -0.281. The van der Waals surface area contributed by atoms with E-state index in [0.717, 1.165) is 8.66 Å². The Hall–Kier alpha value is -1.51. The Balaban J connectivity index is 2.15. The summed E-state index contributed by atoms with van der Waals surface area (Å²) in [7, 11) is 0. The molecule has 8 heteroatoms. The van der Waals surface area contributed by atoms with Crippen molar-refractivity contribution in [3.8, 4) is 0 Å². The number of nitrogens with one attached hydrogen (secondary N) is 2. The predicted molar refractivity (Wildman–Crippen MR) is 87.1 cm³/mol. The molecule has 21 heavy (non-hydrogen) atoms. The average Bonchev–Trinajstić information content (AvgIpc) is 2.89. The van der Waals surface area contributed by atoms with Crippen LogP contribution in [-0.4, -0.2) is 15.9 Å². The Morgan fingerprint density at radius 1 is 1.48 bits per heavy atom. The fraction of sp³-hybridized carbons (Fsp3) is 0.308. The van der Waals surface area contributed by atoms with Crippen molar-refractivity contribution in [2.45, 2.75) is 26.3 Å². The van der Waals surface area contributed by atoms with Gasteiger partial charge in [-0.2, -0.15) is 0 Å². The van der Waals surface area contributed by atoms with Crippen LogP contribution in [0.5, 0.6) is 0 Å². The second kappa shape index (κ2) is 6.97. The number of thiophene rings is 1. The zero-order valence-electron chi connectivity index (χ0n) is 11.7. The molecule has 0 unspecified atom stereocenters. The van der Waals surface area contributed by atoms with Gasteiger partial charge in [-0.05, 0) is 28.1 Å². The summed E-state index contributed by atoms with van der Waals surface area (Å²) in [5.74, 6) is 5.88. The fourth-order valence-corrected chi connectivity index (χ4v) is 3.07. The summed E-state index contributed by atoms with van der Waals surface area (Å²) in [4.78, 5) is 21.8. The van der Waals surface area contributed by atoms with Crippen molar-refractivity contribution < 1.29 is 4.79 Å². The van der Waals surface area contributed by atoms with Crippen LogP contribution in [-0.2, 0) is 6.54 Å². The van der Waals surface area contributed by atoms with Gasteiger partial charge in [0.15, 0.2) is 5.69 Å². The van der Waals surface area contributed by atoms with Gasteiger partial charge >= 0.3 is 0 Å². The molecule has 0 bridgehead atoms. The molecule has 0 spiro atoms. The molecule has 0 aliphatic rings. The van der Waals surface area contributed by atoms with E-state index in [1.54, 1.807) is 11.3 Å². The largest absolute Gasteiger partial charge is 0.346 e. The summed E-state index contributed by atoms with van der Waals surface area (Å²) in [6.07, 6.45) is 1.53. The van der Waals surface area contributed by atoms with Crippen LogP contribution in [0.3, 0.4) is 0 Å². The van der Waals surface area contributed by atoms with Gasteiger partial charge in [0.25, 0.3) is 5.91 Å². The van der Waals surface area contributed by atoms with Crippen LogP contribution in [0.15, 0.2) is 22.1 Å². The zero-order chi connectivity index (χ0) is 15.4. The molecule has 2 aromatic rings. The molecule has 1 amide bonds. The van der Waals surface area contributed by atoms with Crippen LogP contribution in [0.2, 0.25) is 0 Å². The van der Waals surface area contributed by atoms with E-state index in [1.807, 2.05) is 26.0 Å². The topological polar surface area (TPSA) is 92.9 Å². The number of anilines is 1. The molecule has 0 fully saturated rings. The molecule has 4 N–H and O–H groups in total. The molecule has 6 nitrogen and oxygen atoms in total. The van der Waals surface area contributed by atoms with E-state index < -0.39 is 0 Å². The average molecular weight is 370 g/mol. The van der Waals surface area contributed by atoms with Gasteiger partial charge in [-0.3, -0.25) is 10.6 Å². The fourth-order valence-electron chi connectivity index (χ4n) is 1.65. The second-order valence-electron chi connectivity index (χ2n) is 4.68. The zero-order valence-corrected chi connectivity index (χ0v) is 14.1. The monoisotopic (exact) mass is 369 g/mol. The first kappa shape index (κ1) is 15.9. The van der Waals surface area contributed by atoms with Gasteiger partial charge < -0.3 is 10.7 Å². The normalized spacial score (nSPS) is 10.7.